The highest BCUT2D eigenvalue weighted by atomic mass is 35.5. The maximum Gasteiger partial charge on any atom is 0.417 e. The van der Waals surface area contributed by atoms with Crippen molar-refractivity contribution >= 4 is 29.1 Å². The zero-order chi connectivity index (χ0) is 23.0. The summed E-state index contributed by atoms with van der Waals surface area (Å²) in [6, 6.07) is 2.66. The Bertz CT molecular complexity index is 958. The SMILES string of the molecule is O=C(NC(c1cc(F)cc(Cl)c1)C1(O)CCC(F)CC1)c1nccc(C(F)(F)F)c1Cl. The van der Waals surface area contributed by atoms with E-state index in [9.17, 15) is 31.9 Å². The molecule has 1 saturated carbocycles. The van der Waals surface area contributed by atoms with Crippen LogP contribution in [0, 0.1) is 5.82 Å². The van der Waals surface area contributed by atoms with Crippen LogP contribution in [0.5, 0.6) is 0 Å². The summed E-state index contributed by atoms with van der Waals surface area (Å²) < 4.78 is 67.0. The molecule has 168 valence electrons. The summed E-state index contributed by atoms with van der Waals surface area (Å²) in [5, 5.41) is 12.6. The molecule has 11 heteroatoms. The summed E-state index contributed by atoms with van der Waals surface area (Å²) in [7, 11) is 0. The van der Waals surface area contributed by atoms with E-state index in [1.54, 1.807) is 0 Å². The third-order valence-corrected chi connectivity index (χ3v) is 5.82. The third kappa shape index (κ3) is 5.27. The van der Waals surface area contributed by atoms with E-state index in [-0.39, 0.29) is 36.3 Å². The molecule has 1 amide bonds. The lowest BCUT2D eigenvalue weighted by atomic mass is 9.76. The fraction of sp³-hybridized carbons (Fsp3) is 0.400. The second-order valence-corrected chi connectivity index (χ2v) is 8.22. The second kappa shape index (κ2) is 8.88. The monoisotopic (exact) mass is 482 g/mol. The first-order valence-electron chi connectivity index (χ1n) is 9.26. The van der Waals surface area contributed by atoms with Gasteiger partial charge in [-0.1, -0.05) is 23.2 Å². The summed E-state index contributed by atoms with van der Waals surface area (Å²) in [6.07, 6.45) is -5.34. The average Bonchev–Trinajstić information content (AvgIpc) is 2.66. The van der Waals surface area contributed by atoms with Crippen molar-refractivity contribution in [3.05, 3.63) is 63.1 Å². The highest BCUT2D eigenvalue weighted by molar-refractivity contribution is 6.34. The Kier molecular flexibility index (Phi) is 6.78. The number of pyridine rings is 1. The molecule has 0 aliphatic heterocycles. The number of aromatic nitrogens is 1. The van der Waals surface area contributed by atoms with E-state index < -0.39 is 52.0 Å². The maximum atomic E-state index is 14.0. The number of benzene rings is 1. The van der Waals surface area contributed by atoms with E-state index in [1.165, 1.54) is 6.07 Å². The minimum Gasteiger partial charge on any atom is -0.387 e. The van der Waals surface area contributed by atoms with Crippen LogP contribution in [0.15, 0.2) is 30.5 Å². The van der Waals surface area contributed by atoms with Crippen LogP contribution < -0.4 is 5.32 Å². The minimum atomic E-state index is -4.82. The normalized spacial score (nSPS) is 22.8. The number of carbonyl (C=O) groups excluding carboxylic acids is 1. The third-order valence-electron chi connectivity index (χ3n) is 5.22. The van der Waals surface area contributed by atoms with Gasteiger partial charge in [0.25, 0.3) is 5.91 Å². The predicted molar refractivity (Wildman–Crippen MR) is 104 cm³/mol. The topological polar surface area (TPSA) is 62.2 Å². The number of hydrogen-bond donors (Lipinski definition) is 2. The van der Waals surface area contributed by atoms with E-state index in [4.69, 9.17) is 23.2 Å². The summed E-state index contributed by atoms with van der Waals surface area (Å²) in [6.45, 7) is 0. The van der Waals surface area contributed by atoms with Crippen molar-refractivity contribution in [1.82, 2.24) is 10.3 Å². The van der Waals surface area contributed by atoms with Crippen LogP contribution in [0.4, 0.5) is 22.0 Å². The quantitative estimate of drug-likeness (QED) is 0.552. The maximum absolute atomic E-state index is 14.0. The molecule has 1 heterocycles. The molecule has 1 unspecified atom stereocenters. The molecule has 0 saturated heterocycles. The molecule has 1 aromatic heterocycles. The van der Waals surface area contributed by atoms with Gasteiger partial charge in [-0.25, -0.2) is 13.8 Å². The molecule has 0 spiro atoms. The Labute approximate surface area is 184 Å². The van der Waals surface area contributed by atoms with E-state index in [1.807, 2.05) is 0 Å². The van der Waals surface area contributed by atoms with Crippen molar-refractivity contribution in [2.75, 3.05) is 0 Å². The Hall–Kier alpha value is -1.97. The number of nitrogens with zero attached hydrogens (tertiary/aromatic N) is 1. The van der Waals surface area contributed by atoms with Gasteiger partial charge < -0.3 is 10.4 Å². The van der Waals surface area contributed by atoms with Crippen molar-refractivity contribution < 1.29 is 31.9 Å². The number of hydrogen-bond acceptors (Lipinski definition) is 3. The molecule has 2 N–H and O–H groups in total. The molecule has 3 rings (SSSR count). The van der Waals surface area contributed by atoms with Crippen LogP contribution in [0.1, 0.15) is 53.3 Å². The van der Waals surface area contributed by atoms with E-state index in [2.05, 4.69) is 10.3 Å². The van der Waals surface area contributed by atoms with Crippen LogP contribution >= 0.6 is 23.2 Å². The highest BCUT2D eigenvalue weighted by Crippen LogP contribution is 2.41. The molecule has 0 radical (unpaired) electrons. The predicted octanol–water partition coefficient (Wildman–Crippen LogP) is 5.66. The molecule has 1 atom stereocenters. The lowest BCUT2D eigenvalue weighted by molar-refractivity contribution is -0.137. The van der Waals surface area contributed by atoms with Crippen LogP contribution in [-0.4, -0.2) is 27.8 Å². The van der Waals surface area contributed by atoms with Crippen molar-refractivity contribution in [2.24, 2.45) is 0 Å². The largest absolute Gasteiger partial charge is 0.417 e. The van der Waals surface area contributed by atoms with E-state index >= 15 is 0 Å². The summed E-state index contributed by atoms with van der Waals surface area (Å²) >= 11 is 11.7. The van der Waals surface area contributed by atoms with Crippen molar-refractivity contribution in [1.29, 1.82) is 0 Å². The first kappa shape index (κ1) is 23.7. The van der Waals surface area contributed by atoms with Gasteiger partial charge in [-0.15, -0.1) is 0 Å². The van der Waals surface area contributed by atoms with Gasteiger partial charge in [0.05, 0.1) is 22.2 Å². The summed E-state index contributed by atoms with van der Waals surface area (Å²) in [5.74, 6) is -1.86. The lowest BCUT2D eigenvalue weighted by Gasteiger charge is -2.40. The van der Waals surface area contributed by atoms with Crippen molar-refractivity contribution in [2.45, 2.75) is 49.7 Å². The van der Waals surface area contributed by atoms with Gasteiger partial charge in [0, 0.05) is 11.2 Å². The van der Waals surface area contributed by atoms with E-state index in [0.29, 0.717) is 6.07 Å². The smallest absolute Gasteiger partial charge is 0.387 e. The number of alkyl halides is 4. The molecule has 31 heavy (non-hydrogen) atoms. The first-order chi connectivity index (χ1) is 14.4. The first-order valence-corrected chi connectivity index (χ1v) is 10.0. The number of halogens is 7. The summed E-state index contributed by atoms with van der Waals surface area (Å²) in [5.41, 5.74) is -3.59. The zero-order valence-electron chi connectivity index (χ0n) is 15.8. The lowest BCUT2D eigenvalue weighted by Crippen LogP contribution is -2.48. The Morgan fingerprint density at radius 2 is 1.87 bits per heavy atom. The van der Waals surface area contributed by atoms with Gasteiger partial charge in [-0.05, 0) is 55.5 Å². The molecule has 2 aromatic rings. The van der Waals surface area contributed by atoms with Crippen molar-refractivity contribution in [3.8, 4) is 0 Å². The van der Waals surface area contributed by atoms with Crippen LogP contribution in [0.25, 0.3) is 0 Å². The van der Waals surface area contributed by atoms with Crippen LogP contribution in [-0.2, 0) is 6.18 Å². The Morgan fingerprint density at radius 1 is 1.23 bits per heavy atom. The van der Waals surface area contributed by atoms with Gasteiger partial charge in [-0.2, -0.15) is 13.2 Å². The molecule has 1 fully saturated rings. The van der Waals surface area contributed by atoms with Gasteiger partial charge >= 0.3 is 6.18 Å². The number of rotatable bonds is 4. The Morgan fingerprint density at radius 3 is 2.45 bits per heavy atom. The zero-order valence-corrected chi connectivity index (χ0v) is 17.3. The summed E-state index contributed by atoms with van der Waals surface area (Å²) in [4.78, 5) is 16.4. The number of amides is 1. The van der Waals surface area contributed by atoms with Gasteiger partial charge in [0.2, 0.25) is 0 Å². The van der Waals surface area contributed by atoms with Gasteiger partial charge in [0.15, 0.2) is 0 Å². The van der Waals surface area contributed by atoms with Gasteiger partial charge in [0.1, 0.15) is 17.7 Å². The van der Waals surface area contributed by atoms with Crippen LogP contribution in [0.3, 0.4) is 0 Å². The number of nitrogens with one attached hydrogen (secondary N) is 1. The Balaban J connectivity index is 2.00. The fourth-order valence-corrected chi connectivity index (χ4v) is 4.20. The van der Waals surface area contributed by atoms with Crippen LogP contribution in [0.2, 0.25) is 10.0 Å². The molecule has 0 bridgehead atoms. The molecule has 4 nitrogen and oxygen atoms in total. The molecule has 1 aliphatic carbocycles. The number of carbonyl (C=O) groups is 1. The minimum absolute atomic E-state index is 0.00547. The fourth-order valence-electron chi connectivity index (χ4n) is 3.66. The second-order valence-electron chi connectivity index (χ2n) is 7.41. The van der Waals surface area contributed by atoms with Gasteiger partial charge in [-0.3, -0.25) is 4.79 Å². The molecular weight excluding hydrogens is 466 g/mol. The number of aliphatic hydroxyl groups is 1. The van der Waals surface area contributed by atoms with E-state index in [0.717, 1.165) is 18.3 Å². The molecule has 1 aliphatic rings. The molecule has 1 aromatic carbocycles. The average molecular weight is 483 g/mol. The highest BCUT2D eigenvalue weighted by Gasteiger charge is 2.43. The molecular formula is C20H17Cl2F5N2O2. The van der Waals surface area contributed by atoms with Crippen molar-refractivity contribution in [3.63, 3.8) is 0 Å². The standard InChI is InChI=1S/C20H17Cl2F5N2O2/c21-11-7-10(8-13(24)9-11)17(19(31)4-1-12(23)2-5-19)29-18(30)16-15(22)14(3-6-28-16)20(25,26)27/h3,6-9,12,17,31H,1-2,4-5H2,(H,29,30).